The maximum Gasteiger partial charge on any atom is 0.254 e. The number of carbonyl (C=O) groups is 1. The van der Waals surface area contributed by atoms with E-state index < -0.39 is 11.4 Å². The Morgan fingerprint density at radius 2 is 2.17 bits per heavy atom. The molecule has 1 unspecified atom stereocenters. The zero-order valence-electron chi connectivity index (χ0n) is 12.7. The number of piperidine rings is 1. The molecular formula is C17H19FN2O3. The lowest BCUT2D eigenvalue weighted by atomic mass is 9.97. The van der Waals surface area contributed by atoms with Crippen molar-refractivity contribution in [3.63, 3.8) is 0 Å². The standard InChI is InChI=1S/C17H19FN2O3/c18-11-4-5-13-14(10-16(22)19-15(13)9-11)17(23)20-7-2-1-3-12(20)6-8-21/h4-5,9-10,12,21H,1-3,6-8H2,(H,19,22). The Bertz CT molecular complexity index is 785. The summed E-state index contributed by atoms with van der Waals surface area (Å²) < 4.78 is 13.4. The average molecular weight is 318 g/mol. The smallest absolute Gasteiger partial charge is 0.254 e. The molecule has 2 N–H and O–H groups in total. The van der Waals surface area contributed by atoms with Gasteiger partial charge in [-0.05, 0) is 43.9 Å². The fourth-order valence-corrected chi connectivity index (χ4v) is 3.28. The van der Waals surface area contributed by atoms with Crippen LogP contribution in [0.5, 0.6) is 0 Å². The molecule has 0 bridgehead atoms. The van der Waals surface area contributed by atoms with Gasteiger partial charge in [0.2, 0.25) is 5.56 Å². The third-order valence-corrected chi connectivity index (χ3v) is 4.39. The minimum absolute atomic E-state index is 0.0176. The fraction of sp³-hybridized carbons (Fsp3) is 0.412. The molecule has 0 spiro atoms. The molecule has 1 atom stereocenters. The van der Waals surface area contributed by atoms with Crippen LogP contribution in [0.2, 0.25) is 0 Å². The third kappa shape index (κ3) is 3.12. The van der Waals surface area contributed by atoms with E-state index >= 15 is 0 Å². The second-order valence-electron chi connectivity index (χ2n) is 5.90. The van der Waals surface area contributed by atoms with Crippen molar-refractivity contribution >= 4 is 16.8 Å². The molecule has 6 heteroatoms. The number of aromatic nitrogens is 1. The fourth-order valence-electron chi connectivity index (χ4n) is 3.28. The van der Waals surface area contributed by atoms with Crippen LogP contribution in [0.1, 0.15) is 36.0 Å². The minimum Gasteiger partial charge on any atom is -0.396 e. The van der Waals surface area contributed by atoms with Gasteiger partial charge in [0.1, 0.15) is 5.82 Å². The van der Waals surface area contributed by atoms with Gasteiger partial charge in [-0.3, -0.25) is 9.59 Å². The number of aliphatic hydroxyl groups is 1. The molecule has 1 saturated heterocycles. The molecule has 2 heterocycles. The zero-order chi connectivity index (χ0) is 16.4. The predicted octanol–water partition coefficient (Wildman–Crippen LogP) is 2.04. The number of pyridine rings is 1. The Balaban J connectivity index is 2.04. The molecular weight excluding hydrogens is 299 g/mol. The van der Waals surface area contributed by atoms with Gasteiger partial charge in [-0.2, -0.15) is 0 Å². The Kier molecular flexibility index (Phi) is 4.43. The normalized spacial score (nSPS) is 18.3. The predicted molar refractivity (Wildman–Crippen MR) is 84.9 cm³/mol. The number of rotatable bonds is 3. The van der Waals surface area contributed by atoms with Crippen LogP contribution in [0.3, 0.4) is 0 Å². The first kappa shape index (κ1) is 15.7. The number of amides is 1. The van der Waals surface area contributed by atoms with Gasteiger partial charge in [0.25, 0.3) is 5.91 Å². The van der Waals surface area contributed by atoms with E-state index in [1.165, 1.54) is 24.3 Å². The Morgan fingerprint density at radius 3 is 2.96 bits per heavy atom. The second-order valence-corrected chi connectivity index (χ2v) is 5.90. The third-order valence-electron chi connectivity index (χ3n) is 4.39. The van der Waals surface area contributed by atoms with Crippen LogP contribution in [0.4, 0.5) is 4.39 Å². The van der Waals surface area contributed by atoms with Gasteiger partial charge in [0.15, 0.2) is 0 Å². The molecule has 1 aromatic heterocycles. The lowest BCUT2D eigenvalue weighted by molar-refractivity contribution is 0.0576. The second kappa shape index (κ2) is 6.50. The van der Waals surface area contributed by atoms with E-state index in [1.54, 1.807) is 4.90 Å². The largest absolute Gasteiger partial charge is 0.396 e. The van der Waals surface area contributed by atoms with E-state index in [1.807, 2.05) is 0 Å². The molecule has 2 aromatic rings. The molecule has 1 aliphatic heterocycles. The van der Waals surface area contributed by atoms with Crippen molar-refractivity contribution < 1.29 is 14.3 Å². The molecule has 0 saturated carbocycles. The number of aromatic amines is 1. The van der Waals surface area contributed by atoms with Crippen LogP contribution in [0, 0.1) is 5.82 Å². The summed E-state index contributed by atoms with van der Waals surface area (Å²) in [7, 11) is 0. The van der Waals surface area contributed by atoms with Gasteiger partial charge >= 0.3 is 0 Å². The summed E-state index contributed by atoms with van der Waals surface area (Å²) >= 11 is 0. The van der Waals surface area contributed by atoms with Gasteiger partial charge in [0.05, 0.1) is 11.1 Å². The van der Waals surface area contributed by atoms with Crippen molar-refractivity contribution in [2.45, 2.75) is 31.7 Å². The maximum atomic E-state index is 13.4. The lowest BCUT2D eigenvalue weighted by Gasteiger charge is -2.35. The topological polar surface area (TPSA) is 73.4 Å². The highest BCUT2D eigenvalue weighted by atomic mass is 19.1. The molecule has 0 aliphatic carbocycles. The number of benzene rings is 1. The first-order chi connectivity index (χ1) is 11.1. The van der Waals surface area contributed by atoms with Crippen LogP contribution in [-0.4, -0.2) is 40.1 Å². The minimum atomic E-state index is -0.464. The molecule has 1 aliphatic rings. The van der Waals surface area contributed by atoms with Gasteiger partial charge < -0.3 is 15.0 Å². The van der Waals surface area contributed by atoms with E-state index in [4.69, 9.17) is 0 Å². The van der Waals surface area contributed by atoms with Gasteiger partial charge in [0, 0.05) is 30.6 Å². The van der Waals surface area contributed by atoms with Crippen LogP contribution < -0.4 is 5.56 Å². The number of aliphatic hydroxyl groups excluding tert-OH is 1. The molecule has 1 amide bonds. The Labute approximate surface area is 132 Å². The quantitative estimate of drug-likeness (QED) is 0.909. The summed E-state index contributed by atoms with van der Waals surface area (Å²) in [6.45, 7) is 0.634. The number of likely N-dealkylation sites (tertiary alicyclic amines) is 1. The summed E-state index contributed by atoms with van der Waals surface area (Å²) in [6, 6.07) is 5.26. The summed E-state index contributed by atoms with van der Waals surface area (Å²) in [5.74, 6) is -0.695. The van der Waals surface area contributed by atoms with Crippen LogP contribution in [0.25, 0.3) is 10.9 Å². The van der Waals surface area contributed by atoms with Crippen LogP contribution >= 0.6 is 0 Å². The highest BCUT2D eigenvalue weighted by Gasteiger charge is 2.28. The highest BCUT2D eigenvalue weighted by molar-refractivity contribution is 6.06. The van der Waals surface area contributed by atoms with Crippen molar-refractivity contribution in [3.8, 4) is 0 Å². The summed E-state index contributed by atoms with van der Waals surface area (Å²) in [5, 5.41) is 9.73. The first-order valence-corrected chi connectivity index (χ1v) is 7.84. The number of halogens is 1. The van der Waals surface area contributed by atoms with E-state index in [0.717, 1.165) is 19.3 Å². The van der Waals surface area contributed by atoms with E-state index in [2.05, 4.69) is 4.98 Å². The number of H-pyrrole nitrogens is 1. The first-order valence-electron chi connectivity index (χ1n) is 7.84. The SMILES string of the molecule is O=C(c1cc(=O)[nH]c2cc(F)ccc12)N1CCCCC1CCO. The summed E-state index contributed by atoms with van der Waals surface area (Å²) in [4.78, 5) is 29.0. The van der Waals surface area contributed by atoms with E-state index in [0.29, 0.717) is 23.9 Å². The average Bonchev–Trinajstić information content (AvgIpc) is 2.54. The highest BCUT2D eigenvalue weighted by Crippen LogP contribution is 2.24. The van der Waals surface area contributed by atoms with E-state index in [-0.39, 0.29) is 24.1 Å². The molecule has 5 nitrogen and oxygen atoms in total. The van der Waals surface area contributed by atoms with E-state index in [9.17, 15) is 19.1 Å². The lowest BCUT2D eigenvalue weighted by Crippen LogP contribution is -2.44. The van der Waals surface area contributed by atoms with Crippen molar-refractivity contribution in [1.29, 1.82) is 0 Å². The number of hydrogen-bond donors (Lipinski definition) is 2. The molecule has 1 aromatic carbocycles. The summed E-state index contributed by atoms with van der Waals surface area (Å²) in [6.07, 6.45) is 3.31. The molecule has 23 heavy (non-hydrogen) atoms. The Hall–Kier alpha value is -2.21. The number of hydrogen-bond acceptors (Lipinski definition) is 3. The number of carbonyl (C=O) groups excluding carboxylic acids is 1. The molecule has 1 fully saturated rings. The van der Waals surface area contributed by atoms with Crippen molar-refractivity contribution in [1.82, 2.24) is 9.88 Å². The van der Waals surface area contributed by atoms with Crippen molar-refractivity contribution in [2.75, 3.05) is 13.2 Å². The number of nitrogens with one attached hydrogen (secondary N) is 1. The maximum absolute atomic E-state index is 13.4. The van der Waals surface area contributed by atoms with Crippen LogP contribution in [-0.2, 0) is 0 Å². The molecule has 3 rings (SSSR count). The van der Waals surface area contributed by atoms with Crippen LogP contribution in [0.15, 0.2) is 29.1 Å². The van der Waals surface area contributed by atoms with Crippen molar-refractivity contribution in [3.05, 3.63) is 46.0 Å². The monoisotopic (exact) mass is 318 g/mol. The molecule has 122 valence electrons. The number of fused-ring (bicyclic) bond motifs is 1. The zero-order valence-corrected chi connectivity index (χ0v) is 12.7. The number of nitrogens with zero attached hydrogens (tertiary/aromatic N) is 1. The van der Waals surface area contributed by atoms with Gasteiger partial charge in [-0.1, -0.05) is 0 Å². The van der Waals surface area contributed by atoms with Gasteiger partial charge in [-0.15, -0.1) is 0 Å². The van der Waals surface area contributed by atoms with Gasteiger partial charge in [-0.25, -0.2) is 4.39 Å². The Morgan fingerprint density at radius 1 is 1.35 bits per heavy atom. The molecule has 0 radical (unpaired) electrons. The van der Waals surface area contributed by atoms with Crippen molar-refractivity contribution in [2.24, 2.45) is 0 Å². The summed E-state index contributed by atoms with van der Waals surface area (Å²) in [5.41, 5.74) is 0.173.